The lowest BCUT2D eigenvalue weighted by atomic mass is 9.88. The van der Waals surface area contributed by atoms with E-state index in [4.69, 9.17) is 15.2 Å². The number of amides is 1. The van der Waals surface area contributed by atoms with Crippen LogP contribution >= 0.6 is 0 Å². The summed E-state index contributed by atoms with van der Waals surface area (Å²) in [5.41, 5.74) is 7.95. The zero-order valence-electron chi connectivity index (χ0n) is 32.3. The van der Waals surface area contributed by atoms with Gasteiger partial charge >= 0.3 is 5.97 Å². The van der Waals surface area contributed by atoms with Crippen molar-refractivity contribution < 1.29 is 27.5 Å². The van der Waals surface area contributed by atoms with Gasteiger partial charge in [0.2, 0.25) is 5.96 Å². The van der Waals surface area contributed by atoms with Gasteiger partial charge < -0.3 is 25.1 Å². The number of rotatable bonds is 11. The first kappa shape index (κ1) is 40.0. The van der Waals surface area contributed by atoms with Crippen molar-refractivity contribution in [2.45, 2.75) is 110 Å². The highest BCUT2D eigenvalue weighted by Gasteiger charge is 2.34. The summed E-state index contributed by atoms with van der Waals surface area (Å²) in [7, 11) is -4.10. The number of benzene rings is 3. The summed E-state index contributed by atoms with van der Waals surface area (Å²) >= 11 is 0. The first-order valence-corrected chi connectivity index (χ1v) is 19.6. The number of carbonyl (C=O) groups is 2. The number of ether oxygens (including phenoxy) is 2. The Morgan fingerprint density at radius 2 is 1.72 bits per heavy atom. The highest BCUT2D eigenvalue weighted by Crippen LogP contribution is 2.42. The van der Waals surface area contributed by atoms with Gasteiger partial charge in [-0.05, 0) is 138 Å². The van der Waals surface area contributed by atoms with Gasteiger partial charge in [-0.25, -0.2) is 17.9 Å². The number of nitrogens with one attached hydrogen (secondary N) is 2. The second-order valence-electron chi connectivity index (χ2n) is 15.5. The number of esters is 1. The molecule has 1 aromatic heterocycles. The van der Waals surface area contributed by atoms with Crippen LogP contribution in [0.3, 0.4) is 0 Å². The van der Waals surface area contributed by atoms with Gasteiger partial charge in [0.25, 0.3) is 21.5 Å². The van der Waals surface area contributed by atoms with Gasteiger partial charge in [0.1, 0.15) is 28.6 Å². The number of pyridine rings is 1. The van der Waals surface area contributed by atoms with Gasteiger partial charge in [-0.1, -0.05) is 36.4 Å². The third kappa shape index (κ3) is 9.30. The zero-order valence-corrected chi connectivity index (χ0v) is 33.1. The number of aliphatic imine (C=N–C) groups is 1. The Hall–Kier alpha value is -5.17. The van der Waals surface area contributed by atoms with E-state index in [2.05, 4.69) is 15.0 Å². The average Bonchev–Trinajstić information content (AvgIpc) is 3.07. The molecule has 0 fully saturated rings. The van der Waals surface area contributed by atoms with Crippen molar-refractivity contribution in [2.24, 2.45) is 10.7 Å². The van der Waals surface area contributed by atoms with Crippen molar-refractivity contribution in [1.82, 2.24) is 14.6 Å². The van der Waals surface area contributed by atoms with E-state index in [-0.39, 0.29) is 48.0 Å². The second kappa shape index (κ2) is 15.7. The lowest BCUT2D eigenvalue weighted by Gasteiger charge is -2.35. The molecule has 0 aliphatic carbocycles. The molecular weight excluding hydrogens is 707 g/mol. The van der Waals surface area contributed by atoms with E-state index >= 15 is 0 Å². The van der Waals surface area contributed by atoms with Crippen molar-refractivity contribution in [3.05, 3.63) is 105 Å². The number of hydrogen-bond donors (Lipinski definition) is 3. The Labute approximate surface area is 317 Å². The van der Waals surface area contributed by atoms with Crippen molar-refractivity contribution >= 4 is 38.6 Å². The van der Waals surface area contributed by atoms with Gasteiger partial charge in [-0.3, -0.25) is 14.6 Å². The van der Waals surface area contributed by atoms with Gasteiger partial charge in [-0.15, -0.1) is 0 Å². The molecule has 12 nitrogen and oxygen atoms in total. The molecule has 1 amide bonds. The van der Waals surface area contributed by atoms with E-state index < -0.39 is 39.1 Å². The maximum Gasteiger partial charge on any atom is 0.329 e. The third-order valence-corrected chi connectivity index (χ3v) is 11.2. The Balaban J connectivity index is 1.27. The normalized spacial score (nSPS) is 14.9. The van der Waals surface area contributed by atoms with E-state index in [9.17, 15) is 22.8 Å². The number of nitrogens with two attached hydrogens (primary N) is 1. The highest BCUT2D eigenvalue weighted by atomic mass is 32.2. The number of nitrogens with zero attached hydrogens (tertiary/aromatic N) is 2. The van der Waals surface area contributed by atoms with E-state index in [0.29, 0.717) is 17.5 Å². The monoisotopic (exact) mass is 757 g/mol. The minimum Gasteiger partial charge on any atom is -0.487 e. The molecule has 13 heteroatoms. The maximum absolute atomic E-state index is 13.6. The Bertz CT molecular complexity index is 2290. The molecule has 3 aromatic carbocycles. The molecule has 1 atom stereocenters. The van der Waals surface area contributed by atoms with Gasteiger partial charge in [-0.2, -0.15) is 0 Å². The summed E-state index contributed by atoms with van der Waals surface area (Å²) in [6.07, 6.45) is 3.36. The lowest BCUT2D eigenvalue weighted by molar-refractivity contribution is -0.157. The quantitative estimate of drug-likeness (QED) is 0.0769. The Morgan fingerprint density at radius 1 is 1.02 bits per heavy atom. The fraction of sp³-hybridized carbons (Fsp3) is 0.415. The van der Waals surface area contributed by atoms with Gasteiger partial charge in [0.15, 0.2) is 0 Å². The van der Waals surface area contributed by atoms with Crippen LogP contribution in [0.25, 0.3) is 10.8 Å². The van der Waals surface area contributed by atoms with E-state index in [1.165, 1.54) is 10.6 Å². The van der Waals surface area contributed by atoms with Crippen LogP contribution in [0, 0.1) is 20.8 Å². The molecule has 2 heterocycles. The van der Waals surface area contributed by atoms with E-state index in [1.54, 1.807) is 46.9 Å². The summed E-state index contributed by atoms with van der Waals surface area (Å²) in [5, 5.41) is 4.80. The molecule has 0 saturated carbocycles. The summed E-state index contributed by atoms with van der Waals surface area (Å²) < 4.78 is 42.9. The third-order valence-electron chi connectivity index (χ3n) is 9.54. The predicted molar refractivity (Wildman–Crippen MR) is 211 cm³/mol. The zero-order chi connectivity index (χ0) is 39.6. The molecule has 1 aliphatic heterocycles. The molecule has 54 heavy (non-hydrogen) atoms. The highest BCUT2D eigenvalue weighted by molar-refractivity contribution is 7.90. The Kier molecular flexibility index (Phi) is 11.6. The fourth-order valence-electron chi connectivity index (χ4n) is 6.69. The number of sulfonamides is 1. The summed E-state index contributed by atoms with van der Waals surface area (Å²) in [4.78, 5) is 44.6. The largest absolute Gasteiger partial charge is 0.487 e. The number of hydrogen-bond acceptors (Lipinski definition) is 8. The standard InChI is InChI=1S/C41H51N5O7S/c1-25-26(2)35(27(3)31-19-20-41(7,8)52-34(25)31)54(50,51)45-39(42)43-21-11-16-33(38(49)53-40(4,5)6)44-36(47)32-15-12-22-46(37(32)48)24-28-17-18-29-13-9-10-14-30(29)23-28/h9-10,12-15,17-18,22-23,33H,11,16,19-21,24H2,1-8H3,(H,44,47)(H3,42,43,45)/t33-/m0/s1. The summed E-state index contributed by atoms with van der Waals surface area (Å²) in [6.45, 7) is 14.8. The molecule has 0 bridgehead atoms. The van der Waals surface area contributed by atoms with Crippen LogP contribution in [0.4, 0.5) is 0 Å². The molecular formula is C41H51N5O7S. The van der Waals surface area contributed by atoms with Crippen LogP contribution in [0.15, 0.2) is 75.5 Å². The molecule has 0 saturated heterocycles. The molecule has 0 unspecified atom stereocenters. The summed E-state index contributed by atoms with van der Waals surface area (Å²) in [6, 6.07) is 15.7. The van der Waals surface area contributed by atoms with Crippen molar-refractivity contribution in [2.75, 3.05) is 6.54 Å². The van der Waals surface area contributed by atoms with Gasteiger partial charge in [0, 0.05) is 12.7 Å². The molecule has 0 spiro atoms. The van der Waals surface area contributed by atoms with Gasteiger partial charge in [0.05, 0.1) is 11.4 Å². The number of fused-ring (bicyclic) bond motifs is 2. The van der Waals surface area contributed by atoms with Crippen LogP contribution < -0.4 is 26.1 Å². The predicted octanol–water partition coefficient (Wildman–Crippen LogP) is 5.59. The minimum absolute atomic E-state index is 0.0392. The van der Waals surface area contributed by atoms with Crippen LogP contribution in [0.1, 0.15) is 92.1 Å². The molecule has 4 aromatic rings. The first-order valence-electron chi connectivity index (χ1n) is 18.1. The smallest absolute Gasteiger partial charge is 0.329 e. The van der Waals surface area contributed by atoms with Crippen LogP contribution in [0.5, 0.6) is 5.75 Å². The fourth-order valence-corrected chi connectivity index (χ4v) is 8.22. The number of carbonyl (C=O) groups excluding carboxylic acids is 2. The first-order chi connectivity index (χ1) is 25.3. The lowest BCUT2D eigenvalue weighted by Crippen LogP contribution is -2.46. The number of guanidine groups is 1. The maximum atomic E-state index is 13.6. The molecule has 5 rings (SSSR count). The van der Waals surface area contributed by atoms with Crippen molar-refractivity contribution in [3.63, 3.8) is 0 Å². The molecule has 4 N–H and O–H groups in total. The molecule has 288 valence electrons. The van der Waals surface area contributed by atoms with E-state index in [1.807, 2.05) is 63.2 Å². The van der Waals surface area contributed by atoms with Crippen molar-refractivity contribution in [1.29, 1.82) is 0 Å². The average molecular weight is 758 g/mol. The van der Waals surface area contributed by atoms with E-state index in [0.717, 1.165) is 39.6 Å². The molecule has 1 aliphatic rings. The van der Waals surface area contributed by atoms with Crippen LogP contribution in [-0.4, -0.2) is 54.6 Å². The van der Waals surface area contributed by atoms with Crippen LogP contribution in [-0.2, 0) is 32.5 Å². The number of aromatic nitrogens is 1. The second-order valence-corrected chi connectivity index (χ2v) is 17.1. The van der Waals surface area contributed by atoms with Crippen LogP contribution in [0.2, 0.25) is 0 Å². The van der Waals surface area contributed by atoms with Crippen molar-refractivity contribution in [3.8, 4) is 5.75 Å². The SMILES string of the molecule is Cc1c(C)c(S(=O)(=O)NC(N)=NCCC[C@H](NC(=O)c2cccn(Cc3ccc4ccccc4c3)c2=O)C(=O)OC(C)(C)C)c(C)c2c1OC(C)(C)CC2. The minimum atomic E-state index is -4.10. The molecule has 0 radical (unpaired) electrons. The topological polar surface area (TPSA) is 171 Å². The summed E-state index contributed by atoms with van der Waals surface area (Å²) in [5.74, 6) is -0.982. The Morgan fingerprint density at radius 3 is 2.43 bits per heavy atom.